The second-order valence-corrected chi connectivity index (χ2v) is 5.52. The maximum absolute atomic E-state index is 10.4. The van der Waals surface area contributed by atoms with E-state index < -0.39 is 5.97 Å². The molecule has 18 heavy (non-hydrogen) atoms. The Kier molecular flexibility index (Phi) is 4.03. The number of nitrogens with one attached hydrogen (secondary N) is 1. The summed E-state index contributed by atoms with van der Waals surface area (Å²) in [4.78, 5) is 14.7. The first-order chi connectivity index (χ1) is 8.54. The summed E-state index contributed by atoms with van der Waals surface area (Å²) in [5, 5.41) is 15.8. The normalized spacial score (nSPS) is 10.6. The van der Waals surface area contributed by atoms with E-state index in [1.807, 2.05) is 25.1 Å². The van der Waals surface area contributed by atoms with Crippen molar-refractivity contribution in [2.24, 2.45) is 0 Å². The van der Waals surface area contributed by atoms with Gasteiger partial charge in [0.05, 0.1) is 5.75 Å². The molecule has 0 saturated carbocycles. The summed E-state index contributed by atoms with van der Waals surface area (Å²) in [6, 6.07) is 5.91. The van der Waals surface area contributed by atoms with Crippen molar-refractivity contribution in [2.75, 3.05) is 5.75 Å². The first kappa shape index (κ1) is 13.1. The van der Waals surface area contributed by atoms with Crippen LogP contribution in [0.15, 0.2) is 27.8 Å². The number of H-pyrrole nitrogens is 1. The fourth-order valence-corrected chi connectivity index (χ4v) is 2.57. The molecule has 1 aromatic carbocycles. The van der Waals surface area contributed by atoms with Crippen molar-refractivity contribution in [2.45, 2.75) is 12.1 Å². The second kappa shape index (κ2) is 5.53. The number of carboxylic acid groups (broad SMARTS) is 1. The SMILES string of the molecule is Cc1cc(Br)cc(-c2nc(SCC(=O)O)n[nH]2)c1. The lowest BCUT2D eigenvalue weighted by atomic mass is 10.1. The number of nitrogens with zero attached hydrogens (tertiary/aromatic N) is 2. The zero-order valence-corrected chi connectivity index (χ0v) is 11.9. The van der Waals surface area contributed by atoms with Gasteiger partial charge in [0.1, 0.15) is 0 Å². The van der Waals surface area contributed by atoms with Gasteiger partial charge in [0.15, 0.2) is 5.82 Å². The molecule has 0 unspecified atom stereocenters. The minimum atomic E-state index is -0.885. The number of benzene rings is 1. The molecule has 2 N–H and O–H groups in total. The van der Waals surface area contributed by atoms with Crippen molar-refractivity contribution in [1.29, 1.82) is 0 Å². The summed E-state index contributed by atoms with van der Waals surface area (Å²) in [7, 11) is 0. The van der Waals surface area contributed by atoms with E-state index in [9.17, 15) is 4.79 Å². The summed E-state index contributed by atoms with van der Waals surface area (Å²) in [6.07, 6.45) is 0. The standard InChI is InChI=1S/C11H10BrN3O2S/c1-6-2-7(4-8(12)3-6)10-13-11(15-14-10)18-5-9(16)17/h2-4H,5H2,1H3,(H,16,17)(H,13,14,15). The zero-order valence-electron chi connectivity index (χ0n) is 9.48. The van der Waals surface area contributed by atoms with Crippen LogP contribution in [0.25, 0.3) is 11.4 Å². The second-order valence-electron chi connectivity index (χ2n) is 3.67. The van der Waals surface area contributed by atoms with Gasteiger partial charge >= 0.3 is 5.97 Å². The van der Waals surface area contributed by atoms with Gasteiger partial charge in [-0.3, -0.25) is 9.89 Å². The maximum Gasteiger partial charge on any atom is 0.313 e. The maximum atomic E-state index is 10.4. The van der Waals surface area contributed by atoms with Gasteiger partial charge in [-0.25, -0.2) is 4.98 Å². The molecular weight excluding hydrogens is 318 g/mol. The number of aromatic amines is 1. The van der Waals surface area contributed by atoms with Crippen LogP contribution in [0, 0.1) is 6.92 Å². The number of hydrogen-bond acceptors (Lipinski definition) is 4. The van der Waals surface area contributed by atoms with Gasteiger partial charge in [-0.2, -0.15) is 0 Å². The molecule has 2 rings (SSSR count). The van der Waals surface area contributed by atoms with E-state index in [4.69, 9.17) is 5.11 Å². The van der Waals surface area contributed by atoms with Crippen molar-refractivity contribution in [3.8, 4) is 11.4 Å². The van der Waals surface area contributed by atoms with Gasteiger partial charge in [0.25, 0.3) is 0 Å². The van der Waals surface area contributed by atoms with Crippen molar-refractivity contribution >= 4 is 33.7 Å². The lowest BCUT2D eigenvalue weighted by Gasteiger charge is -1.99. The first-order valence-electron chi connectivity index (χ1n) is 5.09. The van der Waals surface area contributed by atoms with Crippen molar-refractivity contribution in [3.05, 3.63) is 28.2 Å². The Morgan fingerprint density at radius 1 is 1.50 bits per heavy atom. The van der Waals surface area contributed by atoms with Crippen LogP contribution in [0.5, 0.6) is 0 Å². The van der Waals surface area contributed by atoms with Crippen LogP contribution in [-0.2, 0) is 4.79 Å². The van der Waals surface area contributed by atoms with Crippen LogP contribution in [-0.4, -0.2) is 32.0 Å². The van der Waals surface area contributed by atoms with E-state index >= 15 is 0 Å². The third-order valence-electron chi connectivity index (χ3n) is 2.11. The third kappa shape index (κ3) is 3.33. The lowest BCUT2D eigenvalue weighted by molar-refractivity contribution is -0.133. The van der Waals surface area contributed by atoms with E-state index in [1.165, 1.54) is 0 Å². The molecule has 0 atom stereocenters. The number of carbonyl (C=O) groups is 1. The van der Waals surface area contributed by atoms with Gasteiger partial charge in [-0.05, 0) is 30.7 Å². The number of aromatic nitrogens is 3. The molecule has 7 heteroatoms. The molecule has 0 aliphatic heterocycles. The zero-order chi connectivity index (χ0) is 13.1. The highest BCUT2D eigenvalue weighted by Gasteiger charge is 2.08. The van der Waals surface area contributed by atoms with E-state index in [2.05, 4.69) is 31.1 Å². The number of thioether (sulfide) groups is 1. The van der Waals surface area contributed by atoms with Crippen LogP contribution in [0.2, 0.25) is 0 Å². The highest BCUT2D eigenvalue weighted by molar-refractivity contribution is 9.10. The molecule has 0 radical (unpaired) electrons. The fourth-order valence-electron chi connectivity index (χ4n) is 1.44. The Morgan fingerprint density at radius 3 is 2.94 bits per heavy atom. The van der Waals surface area contributed by atoms with Crippen LogP contribution in [0.4, 0.5) is 0 Å². The summed E-state index contributed by atoms with van der Waals surface area (Å²) in [5.74, 6) is -0.300. The van der Waals surface area contributed by atoms with E-state index in [-0.39, 0.29) is 5.75 Å². The lowest BCUT2D eigenvalue weighted by Crippen LogP contribution is -1.97. The molecule has 0 amide bonds. The monoisotopic (exact) mass is 327 g/mol. The highest BCUT2D eigenvalue weighted by Crippen LogP contribution is 2.23. The van der Waals surface area contributed by atoms with Gasteiger partial charge < -0.3 is 5.11 Å². The average Bonchev–Trinajstić information content (AvgIpc) is 2.73. The Bertz CT molecular complexity index is 565. The number of rotatable bonds is 4. The highest BCUT2D eigenvalue weighted by atomic mass is 79.9. The molecule has 94 valence electrons. The minimum Gasteiger partial charge on any atom is -0.481 e. The molecule has 1 heterocycles. The predicted molar refractivity (Wildman–Crippen MR) is 72.6 cm³/mol. The van der Waals surface area contributed by atoms with Gasteiger partial charge in [-0.15, -0.1) is 5.10 Å². The molecule has 0 spiro atoms. The van der Waals surface area contributed by atoms with Crippen molar-refractivity contribution in [3.63, 3.8) is 0 Å². The number of aryl methyl sites for hydroxylation is 1. The minimum absolute atomic E-state index is 0.0468. The quantitative estimate of drug-likeness (QED) is 0.844. The number of halogens is 1. The number of carboxylic acids is 1. The van der Waals surface area contributed by atoms with E-state index in [0.29, 0.717) is 11.0 Å². The van der Waals surface area contributed by atoms with E-state index in [1.54, 1.807) is 0 Å². The van der Waals surface area contributed by atoms with Crippen molar-refractivity contribution < 1.29 is 9.90 Å². The van der Waals surface area contributed by atoms with Gasteiger partial charge in [-0.1, -0.05) is 27.7 Å². The van der Waals surface area contributed by atoms with Gasteiger partial charge in [0.2, 0.25) is 5.16 Å². The smallest absolute Gasteiger partial charge is 0.313 e. The Labute approximate surface area is 116 Å². The topological polar surface area (TPSA) is 78.9 Å². The fraction of sp³-hybridized carbons (Fsp3) is 0.182. The third-order valence-corrected chi connectivity index (χ3v) is 3.40. The summed E-state index contributed by atoms with van der Waals surface area (Å²) >= 11 is 4.51. The Hall–Kier alpha value is -1.34. The number of aliphatic carboxylic acids is 1. The molecule has 5 nitrogen and oxygen atoms in total. The van der Waals surface area contributed by atoms with Crippen LogP contribution >= 0.6 is 27.7 Å². The molecule has 2 aromatic rings. The summed E-state index contributed by atoms with van der Waals surface area (Å²) in [5.41, 5.74) is 2.02. The van der Waals surface area contributed by atoms with E-state index in [0.717, 1.165) is 27.4 Å². The molecule has 0 fully saturated rings. The molecule has 0 bridgehead atoms. The summed E-state index contributed by atoms with van der Waals surface area (Å²) in [6.45, 7) is 1.99. The molecule has 0 aliphatic rings. The molecule has 0 aliphatic carbocycles. The van der Waals surface area contributed by atoms with Crippen LogP contribution in [0.1, 0.15) is 5.56 Å². The molecular formula is C11H10BrN3O2S. The largest absolute Gasteiger partial charge is 0.481 e. The van der Waals surface area contributed by atoms with Gasteiger partial charge in [0, 0.05) is 10.0 Å². The summed E-state index contributed by atoms with van der Waals surface area (Å²) < 4.78 is 0.966. The predicted octanol–water partition coefficient (Wildman–Crippen LogP) is 2.72. The number of hydrogen-bond donors (Lipinski definition) is 2. The first-order valence-corrected chi connectivity index (χ1v) is 6.87. The molecule has 0 saturated heterocycles. The Morgan fingerprint density at radius 2 is 2.28 bits per heavy atom. The average molecular weight is 328 g/mol. The van der Waals surface area contributed by atoms with Crippen LogP contribution in [0.3, 0.4) is 0 Å². The van der Waals surface area contributed by atoms with Crippen molar-refractivity contribution in [1.82, 2.24) is 15.2 Å². The van der Waals surface area contributed by atoms with Crippen LogP contribution < -0.4 is 0 Å². The Balaban J connectivity index is 2.21. The molecule has 1 aromatic heterocycles.